The van der Waals surface area contributed by atoms with E-state index < -0.39 is 22.9 Å². The number of benzene rings is 1. The molecule has 1 aromatic carbocycles. The topological polar surface area (TPSA) is 122 Å². The summed E-state index contributed by atoms with van der Waals surface area (Å²) in [5.41, 5.74) is 5.84. The highest BCUT2D eigenvalue weighted by Crippen LogP contribution is 2.48. The largest absolute Gasteiger partial charge is 0.501 e. The molecule has 4 N–H and O–H groups in total. The Morgan fingerprint density at radius 1 is 1.16 bits per heavy atom. The van der Waals surface area contributed by atoms with Gasteiger partial charge in [0.25, 0.3) is 0 Å². The molecule has 0 amide bonds. The highest BCUT2D eigenvalue weighted by molar-refractivity contribution is 7.82. The Kier molecular flexibility index (Phi) is 3.20. The van der Waals surface area contributed by atoms with Crippen molar-refractivity contribution in [1.29, 1.82) is 0 Å². The van der Waals surface area contributed by atoms with Gasteiger partial charge < -0.3 is 29.2 Å². The summed E-state index contributed by atoms with van der Waals surface area (Å²) >= 11 is 0. The number of nitrogens with zero attached hydrogens (tertiary/aromatic N) is 1. The van der Waals surface area contributed by atoms with Crippen LogP contribution in [-0.4, -0.2) is 31.1 Å². The van der Waals surface area contributed by atoms with Gasteiger partial charge in [0.2, 0.25) is 11.5 Å². The third-order valence-corrected chi connectivity index (χ3v) is 3.32. The van der Waals surface area contributed by atoms with Crippen LogP contribution in [0.15, 0.2) is 12.1 Å². The van der Waals surface area contributed by atoms with Crippen molar-refractivity contribution >= 4 is 21.8 Å². The second-order valence-corrected chi connectivity index (χ2v) is 5.23. The number of nitrogen functional groups attached to an aromatic ring is 1. The lowest BCUT2D eigenvalue weighted by Gasteiger charge is -2.30. The summed E-state index contributed by atoms with van der Waals surface area (Å²) in [6.07, 6.45) is -2.14. The molecule has 2 atom stereocenters. The Morgan fingerprint density at radius 3 is 2.21 bits per heavy atom. The summed E-state index contributed by atoms with van der Waals surface area (Å²) in [5.74, 6) is -0.300. The van der Waals surface area contributed by atoms with Crippen molar-refractivity contribution in [2.24, 2.45) is 0 Å². The highest BCUT2D eigenvalue weighted by atomic mass is 32.3. The average Bonchev–Trinajstić information content (AvgIpc) is 2.57. The Balaban J connectivity index is 2.59. The molecule has 0 bridgehead atoms. The van der Waals surface area contributed by atoms with Crippen molar-refractivity contribution in [1.82, 2.24) is 0 Å². The zero-order chi connectivity index (χ0) is 14.4. The molecule has 0 radical (unpaired) electrons. The summed E-state index contributed by atoms with van der Waals surface area (Å²) in [5, 5.41) is 19.3. The summed E-state index contributed by atoms with van der Waals surface area (Å²) in [4.78, 5) is 1.16. The van der Waals surface area contributed by atoms with Crippen LogP contribution in [0.1, 0.15) is 13.8 Å². The molecule has 1 aliphatic heterocycles. The number of hydrogen-bond acceptors (Lipinski definition) is 8. The Hall–Kier alpha value is -1.71. The van der Waals surface area contributed by atoms with Gasteiger partial charge in [0.05, 0.1) is 11.4 Å². The Labute approximate surface area is 110 Å². The lowest BCUT2D eigenvalue weighted by molar-refractivity contribution is 0.104. The molecule has 0 saturated heterocycles. The van der Waals surface area contributed by atoms with E-state index in [1.807, 2.05) is 0 Å². The standard InChI is InChI=1S/C10H14N2O6S/c1-5(13)12(6(2)14)8-4-3-7(11)9-10(8)18-19(15,16)17-9/h3-6,13-14H,11H2,1-2H3. The number of rotatable bonds is 3. The average molecular weight is 290 g/mol. The van der Waals surface area contributed by atoms with Gasteiger partial charge in [-0.25, -0.2) is 0 Å². The number of nitrogens with two attached hydrogens (primary N) is 1. The van der Waals surface area contributed by atoms with Gasteiger partial charge in [0.15, 0.2) is 0 Å². The first kappa shape index (κ1) is 13.7. The molecule has 9 heteroatoms. The van der Waals surface area contributed by atoms with Gasteiger partial charge in [-0.05, 0) is 26.0 Å². The van der Waals surface area contributed by atoms with Gasteiger partial charge in [0, 0.05) is 0 Å². The first-order valence-corrected chi connectivity index (χ1v) is 6.77. The number of aliphatic hydroxyl groups excluding tert-OH is 2. The summed E-state index contributed by atoms with van der Waals surface area (Å²) in [6, 6.07) is 2.83. The van der Waals surface area contributed by atoms with E-state index in [0.717, 1.165) is 4.90 Å². The van der Waals surface area contributed by atoms with Crippen molar-refractivity contribution in [3.05, 3.63) is 12.1 Å². The van der Waals surface area contributed by atoms with Crippen LogP contribution in [0, 0.1) is 0 Å². The molecule has 19 heavy (non-hydrogen) atoms. The Bertz CT molecular complexity index is 590. The molecule has 1 heterocycles. The van der Waals surface area contributed by atoms with Crippen LogP contribution >= 0.6 is 0 Å². The minimum atomic E-state index is -4.21. The van der Waals surface area contributed by atoms with Crippen molar-refractivity contribution in [2.45, 2.75) is 26.3 Å². The molecule has 8 nitrogen and oxygen atoms in total. The van der Waals surface area contributed by atoms with E-state index in [9.17, 15) is 18.6 Å². The van der Waals surface area contributed by atoms with E-state index in [0.29, 0.717) is 0 Å². The summed E-state index contributed by atoms with van der Waals surface area (Å²) in [7, 11) is -4.21. The quantitative estimate of drug-likeness (QED) is 0.515. The fourth-order valence-corrected chi connectivity index (χ4v) is 2.65. The second kappa shape index (κ2) is 4.44. The van der Waals surface area contributed by atoms with Gasteiger partial charge in [-0.3, -0.25) is 0 Å². The van der Waals surface area contributed by atoms with Crippen LogP contribution < -0.4 is 19.0 Å². The predicted molar refractivity (Wildman–Crippen MR) is 66.9 cm³/mol. The predicted octanol–water partition coefficient (Wildman–Crippen LogP) is -0.232. The molecule has 2 rings (SSSR count). The molecule has 0 saturated carbocycles. The van der Waals surface area contributed by atoms with Crippen molar-refractivity contribution in [2.75, 3.05) is 10.6 Å². The van der Waals surface area contributed by atoms with E-state index in [1.54, 1.807) is 0 Å². The van der Waals surface area contributed by atoms with Crippen LogP contribution in [0.2, 0.25) is 0 Å². The molecule has 106 valence electrons. The maximum absolute atomic E-state index is 11.3. The zero-order valence-electron chi connectivity index (χ0n) is 10.3. The normalized spacial score (nSPS) is 18.9. The van der Waals surface area contributed by atoms with Crippen LogP contribution in [-0.2, 0) is 10.4 Å². The van der Waals surface area contributed by atoms with Crippen LogP contribution in [0.25, 0.3) is 0 Å². The molecule has 0 fully saturated rings. The second-order valence-electron chi connectivity index (χ2n) is 4.08. The van der Waals surface area contributed by atoms with E-state index in [2.05, 4.69) is 4.18 Å². The van der Waals surface area contributed by atoms with E-state index in [-0.39, 0.29) is 22.9 Å². The lowest BCUT2D eigenvalue weighted by atomic mass is 10.2. The molecule has 0 spiro atoms. The summed E-state index contributed by atoms with van der Waals surface area (Å²) in [6.45, 7) is 2.83. The third-order valence-electron chi connectivity index (χ3n) is 2.58. The zero-order valence-corrected chi connectivity index (χ0v) is 11.1. The molecule has 2 unspecified atom stereocenters. The molecule has 0 aromatic heterocycles. The van der Waals surface area contributed by atoms with Crippen molar-refractivity contribution in [3.8, 4) is 11.5 Å². The van der Waals surface area contributed by atoms with Crippen molar-refractivity contribution < 1.29 is 27.0 Å². The Morgan fingerprint density at radius 2 is 1.68 bits per heavy atom. The number of aliphatic hydroxyl groups is 2. The molecule has 0 aliphatic carbocycles. The van der Waals surface area contributed by atoms with Crippen LogP contribution in [0.3, 0.4) is 0 Å². The maximum Gasteiger partial charge on any atom is 0.501 e. The molecule has 1 aliphatic rings. The number of anilines is 2. The minimum Gasteiger partial charge on any atom is -0.396 e. The van der Waals surface area contributed by atoms with Gasteiger partial charge >= 0.3 is 10.4 Å². The van der Waals surface area contributed by atoms with Crippen LogP contribution in [0.5, 0.6) is 11.5 Å². The molecular formula is C10H14N2O6S. The molecular weight excluding hydrogens is 276 g/mol. The number of hydrogen-bond donors (Lipinski definition) is 3. The highest BCUT2D eigenvalue weighted by Gasteiger charge is 2.36. The smallest absolute Gasteiger partial charge is 0.396 e. The first-order chi connectivity index (χ1) is 8.73. The molecule has 1 aromatic rings. The minimum absolute atomic E-state index is 0.0796. The van der Waals surface area contributed by atoms with Gasteiger partial charge in [0.1, 0.15) is 12.5 Å². The van der Waals surface area contributed by atoms with Crippen molar-refractivity contribution in [3.63, 3.8) is 0 Å². The van der Waals surface area contributed by atoms with Gasteiger partial charge in [-0.2, -0.15) is 0 Å². The van der Waals surface area contributed by atoms with E-state index >= 15 is 0 Å². The fraction of sp³-hybridized carbons (Fsp3) is 0.400. The summed E-state index contributed by atoms with van der Waals surface area (Å²) < 4.78 is 31.9. The first-order valence-electron chi connectivity index (χ1n) is 5.44. The lowest BCUT2D eigenvalue weighted by Crippen LogP contribution is -2.40. The number of fused-ring (bicyclic) bond motifs is 1. The monoisotopic (exact) mass is 290 g/mol. The van der Waals surface area contributed by atoms with Crippen LogP contribution in [0.4, 0.5) is 11.4 Å². The van der Waals surface area contributed by atoms with Gasteiger partial charge in [-0.1, -0.05) is 0 Å². The van der Waals surface area contributed by atoms with Gasteiger partial charge in [-0.15, -0.1) is 8.42 Å². The van der Waals surface area contributed by atoms with E-state index in [4.69, 9.17) is 9.92 Å². The van der Waals surface area contributed by atoms with E-state index in [1.165, 1.54) is 26.0 Å². The third kappa shape index (κ3) is 2.39. The maximum atomic E-state index is 11.3. The fourth-order valence-electron chi connectivity index (χ4n) is 1.87. The SMILES string of the molecule is CC(O)N(c1ccc(N)c2c1OS(=O)(=O)O2)C(C)O.